The number of amides is 2. The monoisotopic (exact) mass is 569 g/mol. The van der Waals surface area contributed by atoms with Gasteiger partial charge in [-0.05, 0) is 81.4 Å². The number of carbonyl (C=O) groups is 2. The summed E-state index contributed by atoms with van der Waals surface area (Å²) in [5, 5.41) is 15.5. The topological polar surface area (TPSA) is 187 Å². The fourth-order valence-corrected chi connectivity index (χ4v) is 3.49. The van der Waals surface area contributed by atoms with Gasteiger partial charge in [0.2, 0.25) is 17.7 Å². The quantitative estimate of drug-likeness (QED) is 0.204. The van der Waals surface area contributed by atoms with Crippen molar-refractivity contribution in [2.75, 3.05) is 33.2 Å². The van der Waals surface area contributed by atoms with Crippen LogP contribution in [0.25, 0.3) is 0 Å². The van der Waals surface area contributed by atoms with Gasteiger partial charge in [-0.15, -0.1) is 0 Å². The van der Waals surface area contributed by atoms with Crippen LogP contribution in [0.4, 0.5) is 0 Å². The Morgan fingerprint density at radius 2 is 1.71 bits per heavy atom. The molecule has 0 radical (unpaired) electrons. The van der Waals surface area contributed by atoms with Gasteiger partial charge in [-0.2, -0.15) is 4.98 Å². The van der Waals surface area contributed by atoms with Crippen LogP contribution < -0.4 is 22.5 Å². The summed E-state index contributed by atoms with van der Waals surface area (Å²) in [6, 6.07) is 14.8. The maximum atomic E-state index is 12.5. The minimum Gasteiger partial charge on any atom is -0.508 e. The van der Waals surface area contributed by atoms with Gasteiger partial charge in [0, 0.05) is 13.5 Å². The van der Waals surface area contributed by atoms with E-state index < -0.39 is 0 Å². The number of aromatic nitrogens is 2. The number of nitrogens with one attached hydrogen (secondary N) is 1. The van der Waals surface area contributed by atoms with Crippen LogP contribution in [-0.2, 0) is 16.0 Å². The van der Waals surface area contributed by atoms with Crippen LogP contribution >= 0.6 is 0 Å². The van der Waals surface area contributed by atoms with Gasteiger partial charge < -0.3 is 37.0 Å². The number of unbranched alkanes of at least 4 members (excludes halogenated alkanes) is 1. The lowest BCUT2D eigenvalue weighted by Crippen LogP contribution is -2.41. The molecule has 1 unspecified atom stereocenters. The largest absolute Gasteiger partial charge is 0.508 e. The van der Waals surface area contributed by atoms with Crippen LogP contribution in [0, 0.1) is 13.8 Å². The summed E-state index contributed by atoms with van der Waals surface area (Å²) in [7, 11) is 1.66. The Bertz CT molecular complexity index is 1150. The average molecular weight is 570 g/mol. The molecule has 2 amide bonds. The van der Waals surface area contributed by atoms with Gasteiger partial charge in [-0.1, -0.05) is 48.5 Å². The Morgan fingerprint density at radius 3 is 2.27 bits per heavy atom. The number of hydrogen-bond acceptors (Lipinski definition) is 9. The second-order valence-electron chi connectivity index (χ2n) is 9.55. The zero-order valence-electron chi connectivity index (χ0n) is 24.8. The van der Waals surface area contributed by atoms with Crippen LogP contribution in [0.5, 0.6) is 5.75 Å². The first kappa shape index (κ1) is 35.2. The summed E-state index contributed by atoms with van der Waals surface area (Å²) in [5.74, 6) is 0.635. The molecule has 0 fully saturated rings. The molecule has 2 aromatic carbocycles. The first-order chi connectivity index (χ1) is 19.7. The van der Waals surface area contributed by atoms with Crippen LogP contribution in [0.2, 0.25) is 0 Å². The Hall–Kier alpha value is -3.80. The number of phenols is 1. The standard InChI is InChI=1S/C19H28N6O3.C8H10O.C3H9N/c1-25(18(27)13-22-17(26)12-21)15(9-5-6-10-20)19-23-16(24-28-19)11-14-7-3-2-4-8-14;1-6-3-4-8(9)5-7(6)2;1-2-3-4/h2-4,7-8,15H,5-6,9-13,20-21H2,1H3,(H,22,26);3-5,9H,1-2H3;2-4H2,1H3. The second-order valence-corrected chi connectivity index (χ2v) is 9.55. The first-order valence-corrected chi connectivity index (χ1v) is 13.9. The van der Waals surface area contributed by atoms with E-state index in [1.54, 1.807) is 19.2 Å². The van der Waals surface area contributed by atoms with E-state index in [1.807, 2.05) is 50.2 Å². The number of aromatic hydroxyl groups is 1. The minimum absolute atomic E-state index is 0.134. The third-order valence-corrected chi connectivity index (χ3v) is 6.17. The van der Waals surface area contributed by atoms with Crippen molar-refractivity contribution in [1.29, 1.82) is 0 Å². The van der Waals surface area contributed by atoms with E-state index in [9.17, 15) is 9.59 Å². The molecule has 0 aliphatic rings. The molecule has 3 aromatic rings. The third kappa shape index (κ3) is 13.9. The zero-order chi connectivity index (χ0) is 30.6. The third-order valence-electron chi connectivity index (χ3n) is 6.17. The summed E-state index contributed by atoms with van der Waals surface area (Å²) in [5.41, 5.74) is 19.3. The van der Waals surface area contributed by atoms with Crippen molar-refractivity contribution in [2.45, 2.75) is 58.9 Å². The predicted octanol–water partition coefficient (Wildman–Crippen LogP) is 2.73. The first-order valence-electron chi connectivity index (χ1n) is 13.9. The maximum absolute atomic E-state index is 12.5. The van der Waals surface area contributed by atoms with Gasteiger partial charge in [0.25, 0.3) is 0 Å². The van der Waals surface area contributed by atoms with E-state index in [0.29, 0.717) is 36.9 Å². The van der Waals surface area contributed by atoms with E-state index >= 15 is 0 Å². The lowest BCUT2D eigenvalue weighted by Gasteiger charge is -2.25. The molecule has 11 heteroatoms. The highest BCUT2D eigenvalue weighted by molar-refractivity contribution is 5.85. The molecule has 3 rings (SSSR count). The average Bonchev–Trinajstić information content (AvgIpc) is 3.44. The number of phenolic OH excluding ortho intramolecular Hbond substituents is 1. The molecular weight excluding hydrogens is 522 g/mol. The summed E-state index contributed by atoms with van der Waals surface area (Å²) < 4.78 is 5.45. The number of nitrogens with zero attached hydrogens (tertiary/aromatic N) is 3. The fraction of sp³-hybridized carbons (Fsp3) is 0.467. The zero-order valence-corrected chi connectivity index (χ0v) is 24.8. The SMILES string of the molecule is CCCN.CN(C(=O)CNC(=O)CN)C(CCCCN)c1nc(Cc2ccccc2)no1.Cc1ccc(O)cc1C. The number of aryl methyl sites for hydroxylation is 2. The number of carbonyl (C=O) groups excluding carboxylic acids is 2. The molecule has 0 saturated carbocycles. The lowest BCUT2D eigenvalue weighted by molar-refractivity contribution is -0.134. The van der Waals surface area contributed by atoms with Gasteiger partial charge in [0.15, 0.2) is 5.82 Å². The van der Waals surface area contributed by atoms with E-state index in [2.05, 4.69) is 22.4 Å². The van der Waals surface area contributed by atoms with Crippen LogP contribution in [0.1, 0.15) is 67.1 Å². The molecule has 0 aliphatic heterocycles. The second kappa shape index (κ2) is 20.1. The number of benzene rings is 2. The van der Waals surface area contributed by atoms with Crippen LogP contribution in [0.15, 0.2) is 53.1 Å². The van der Waals surface area contributed by atoms with Crippen molar-refractivity contribution >= 4 is 11.8 Å². The summed E-state index contributed by atoms with van der Waals surface area (Å²) in [6.45, 7) is 7.15. The maximum Gasteiger partial charge on any atom is 0.249 e. The van der Waals surface area contributed by atoms with Gasteiger partial charge in [-0.25, -0.2) is 0 Å². The van der Waals surface area contributed by atoms with Crippen molar-refractivity contribution in [3.05, 3.63) is 76.9 Å². The smallest absolute Gasteiger partial charge is 0.249 e. The van der Waals surface area contributed by atoms with E-state index in [1.165, 1.54) is 10.5 Å². The molecule has 11 nitrogen and oxygen atoms in total. The molecular formula is C30H47N7O4. The Balaban J connectivity index is 0.000000532. The summed E-state index contributed by atoms with van der Waals surface area (Å²) >= 11 is 0. The van der Waals surface area contributed by atoms with Gasteiger partial charge in [0.1, 0.15) is 11.8 Å². The number of likely N-dealkylation sites (N-methyl/N-ethyl adjacent to an activating group) is 1. The molecule has 41 heavy (non-hydrogen) atoms. The molecule has 1 heterocycles. The highest BCUT2D eigenvalue weighted by Crippen LogP contribution is 2.24. The fourth-order valence-electron chi connectivity index (χ4n) is 3.49. The number of rotatable bonds is 12. The molecule has 8 N–H and O–H groups in total. The van der Waals surface area contributed by atoms with Crippen molar-refractivity contribution in [3.63, 3.8) is 0 Å². The van der Waals surface area contributed by atoms with Crippen LogP contribution in [-0.4, -0.2) is 65.2 Å². The van der Waals surface area contributed by atoms with Gasteiger partial charge >= 0.3 is 0 Å². The van der Waals surface area contributed by atoms with Crippen LogP contribution in [0.3, 0.4) is 0 Å². The van der Waals surface area contributed by atoms with E-state index in [4.69, 9.17) is 26.8 Å². The number of nitrogens with two attached hydrogens (primary N) is 3. The van der Waals surface area contributed by atoms with E-state index in [0.717, 1.165) is 36.9 Å². The minimum atomic E-state index is -0.385. The van der Waals surface area contributed by atoms with Crippen molar-refractivity contribution in [1.82, 2.24) is 20.4 Å². The van der Waals surface area contributed by atoms with Crippen molar-refractivity contribution < 1.29 is 19.2 Å². The molecule has 0 bridgehead atoms. The summed E-state index contributed by atoms with van der Waals surface area (Å²) in [6.07, 6.45) is 3.92. The Kier molecular flexibility index (Phi) is 17.3. The summed E-state index contributed by atoms with van der Waals surface area (Å²) in [4.78, 5) is 29.8. The highest BCUT2D eigenvalue weighted by Gasteiger charge is 2.27. The van der Waals surface area contributed by atoms with Gasteiger partial charge in [0.05, 0.1) is 13.1 Å². The van der Waals surface area contributed by atoms with Gasteiger partial charge in [-0.3, -0.25) is 9.59 Å². The van der Waals surface area contributed by atoms with Crippen molar-refractivity contribution in [2.24, 2.45) is 17.2 Å². The molecule has 0 saturated heterocycles. The molecule has 0 aliphatic carbocycles. The molecule has 226 valence electrons. The Morgan fingerprint density at radius 1 is 1.02 bits per heavy atom. The highest BCUT2D eigenvalue weighted by atomic mass is 16.5. The van der Waals surface area contributed by atoms with E-state index in [-0.39, 0.29) is 30.9 Å². The predicted molar refractivity (Wildman–Crippen MR) is 161 cm³/mol. The Labute approximate surface area is 243 Å². The molecule has 1 aromatic heterocycles. The normalized spacial score (nSPS) is 10.9. The molecule has 1 atom stereocenters. The molecule has 0 spiro atoms. The van der Waals surface area contributed by atoms with Crippen molar-refractivity contribution in [3.8, 4) is 5.75 Å². The number of hydrogen-bond donors (Lipinski definition) is 5. The lowest BCUT2D eigenvalue weighted by atomic mass is 10.1.